The van der Waals surface area contributed by atoms with E-state index in [-0.39, 0.29) is 10.0 Å². The molecule has 0 saturated carbocycles. The second-order valence-corrected chi connectivity index (χ2v) is 3.66. The lowest BCUT2D eigenvalue weighted by Gasteiger charge is -2.16. The fraction of sp³-hybridized carbons (Fsp3) is 0.333. The zero-order valence-corrected chi connectivity index (χ0v) is 8.69. The zero-order chi connectivity index (χ0) is 10.8. The van der Waals surface area contributed by atoms with Gasteiger partial charge in [-0.05, 0) is 18.2 Å². The van der Waals surface area contributed by atoms with Gasteiger partial charge in [-0.15, -0.1) is 0 Å². The molecule has 0 radical (unpaired) electrons. The van der Waals surface area contributed by atoms with E-state index in [1.165, 1.54) is 0 Å². The van der Waals surface area contributed by atoms with Gasteiger partial charge in [0.1, 0.15) is 5.82 Å². The van der Waals surface area contributed by atoms with Crippen molar-refractivity contribution in [2.45, 2.75) is 12.3 Å². The Morgan fingerprint density at radius 2 is 2.00 bits per heavy atom. The van der Waals surface area contributed by atoms with Crippen molar-refractivity contribution in [1.29, 1.82) is 0 Å². The van der Waals surface area contributed by atoms with Crippen LogP contribution in [0.5, 0.6) is 0 Å². The van der Waals surface area contributed by atoms with E-state index in [1.807, 2.05) is 0 Å². The quantitative estimate of drug-likeness (QED) is 0.894. The highest BCUT2D eigenvalue weighted by atomic mass is 79.9. The first kappa shape index (κ1) is 11.5. The molecule has 14 heavy (non-hydrogen) atoms. The van der Waals surface area contributed by atoms with Crippen molar-refractivity contribution in [3.05, 3.63) is 34.1 Å². The molecule has 0 heterocycles. The van der Waals surface area contributed by atoms with E-state index in [2.05, 4.69) is 15.9 Å². The van der Waals surface area contributed by atoms with Gasteiger partial charge in [-0.25, -0.2) is 13.2 Å². The van der Waals surface area contributed by atoms with Crippen molar-refractivity contribution >= 4 is 15.9 Å². The Morgan fingerprint density at radius 3 is 2.50 bits per heavy atom. The molecule has 1 nitrogen and oxygen atoms in total. The number of aliphatic hydroxyl groups excluding tert-OH is 1. The number of rotatable bonds is 3. The van der Waals surface area contributed by atoms with Gasteiger partial charge in [0.05, 0.1) is 0 Å². The molecule has 0 aliphatic rings. The van der Waals surface area contributed by atoms with Gasteiger partial charge in [0.25, 0.3) is 5.92 Å². The highest BCUT2D eigenvalue weighted by Crippen LogP contribution is 2.36. The van der Waals surface area contributed by atoms with Gasteiger partial charge in [0.2, 0.25) is 0 Å². The highest BCUT2D eigenvalue weighted by molar-refractivity contribution is 9.10. The molecule has 0 unspecified atom stereocenters. The van der Waals surface area contributed by atoms with Gasteiger partial charge >= 0.3 is 0 Å². The van der Waals surface area contributed by atoms with Gasteiger partial charge in [-0.2, -0.15) is 0 Å². The Bertz CT molecular complexity index is 328. The largest absolute Gasteiger partial charge is 0.396 e. The fourth-order valence-corrected chi connectivity index (χ4v) is 1.70. The van der Waals surface area contributed by atoms with E-state index >= 15 is 0 Å². The Kier molecular flexibility index (Phi) is 3.55. The average molecular weight is 269 g/mol. The summed E-state index contributed by atoms with van der Waals surface area (Å²) < 4.78 is 39.1. The first-order valence-electron chi connectivity index (χ1n) is 3.91. The van der Waals surface area contributed by atoms with Crippen molar-refractivity contribution in [2.24, 2.45) is 0 Å². The standard InChI is InChI=1S/C9H8BrF3O/c10-8-5-6(11)1-2-7(8)9(12,13)3-4-14/h1-2,5,14H,3-4H2. The molecule has 0 saturated heterocycles. The number of hydrogen-bond donors (Lipinski definition) is 1. The van der Waals surface area contributed by atoms with Gasteiger partial charge in [-0.1, -0.05) is 15.9 Å². The van der Waals surface area contributed by atoms with Gasteiger partial charge < -0.3 is 5.11 Å². The molecule has 78 valence electrons. The molecule has 0 bridgehead atoms. The Hall–Kier alpha value is -0.550. The molecule has 0 amide bonds. The minimum absolute atomic E-state index is 0.0101. The van der Waals surface area contributed by atoms with E-state index in [0.29, 0.717) is 0 Å². The third kappa shape index (κ3) is 2.48. The maximum absolute atomic E-state index is 13.2. The van der Waals surface area contributed by atoms with Crippen molar-refractivity contribution in [2.75, 3.05) is 6.61 Å². The second-order valence-electron chi connectivity index (χ2n) is 2.80. The van der Waals surface area contributed by atoms with Crippen LogP contribution in [-0.4, -0.2) is 11.7 Å². The summed E-state index contributed by atoms with van der Waals surface area (Å²) in [6.45, 7) is -0.614. The van der Waals surface area contributed by atoms with Crippen LogP contribution in [0.3, 0.4) is 0 Å². The molecule has 1 N–H and O–H groups in total. The predicted molar refractivity (Wildman–Crippen MR) is 49.7 cm³/mol. The monoisotopic (exact) mass is 268 g/mol. The third-order valence-electron chi connectivity index (χ3n) is 1.75. The molecular formula is C9H8BrF3O. The number of hydrogen-bond acceptors (Lipinski definition) is 1. The fourth-order valence-electron chi connectivity index (χ4n) is 1.06. The van der Waals surface area contributed by atoms with Crippen LogP contribution in [-0.2, 0) is 5.92 Å². The van der Waals surface area contributed by atoms with E-state index in [0.717, 1.165) is 18.2 Å². The Morgan fingerprint density at radius 1 is 1.36 bits per heavy atom. The van der Waals surface area contributed by atoms with Crippen LogP contribution in [0.2, 0.25) is 0 Å². The number of benzene rings is 1. The topological polar surface area (TPSA) is 20.2 Å². The van der Waals surface area contributed by atoms with Crippen molar-refractivity contribution in [1.82, 2.24) is 0 Å². The van der Waals surface area contributed by atoms with Crippen LogP contribution in [0.1, 0.15) is 12.0 Å². The van der Waals surface area contributed by atoms with Gasteiger partial charge in [0.15, 0.2) is 0 Å². The second kappa shape index (κ2) is 4.31. The van der Waals surface area contributed by atoms with Crippen molar-refractivity contribution < 1.29 is 18.3 Å². The van der Waals surface area contributed by atoms with E-state index in [4.69, 9.17) is 5.11 Å². The zero-order valence-electron chi connectivity index (χ0n) is 7.11. The van der Waals surface area contributed by atoms with Gasteiger partial charge in [-0.3, -0.25) is 0 Å². The number of alkyl halides is 2. The smallest absolute Gasteiger partial charge is 0.276 e. The summed E-state index contributed by atoms with van der Waals surface area (Å²) in [6.07, 6.45) is -0.669. The Labute approximate surface area is 87.7 Å². The van der Waals surface area contributed by atoms with Crippen LogP contribution in [0.25, 0.3) is 0 Å². The molecule has 1 rings (SSSR count). The van der Waals surface area contributed by atoms with E-state index in [9.17, 15) is 13.2 Å². The molecule has 1 aromatic rings. The Balaban J connectivity index is 3.06. The lowest BCUT2D eigenvalue weighted by atomic mass is 10.1. The highest BCUT2D eigenvalue weighted by Gasteiger charge is 2.32. The minimum atomic E-state index is -3.14. The first-order valence-corrected chi connectivity index (χ1v) is 4.71. The minimum Gasteiger partial charge on any atom is -0.396 e. The van der Waals surface area contributed by atoms with Crippen molar-refractivity contribution in [3.63, 3.8) is 0 Å². The van der Waals surface area contributed by atoms with Crippen LogP contribution < -0.4 is 0 Å². The molecule has 1 aromatic carbocycles. The lowest BCUT2D eigenvalue weighted by Crippen LogP contribution is -2.16. The van der Waals surface area contributed by atoms with Crippen LogP contribution in [0.4, 0.5) is 13.2 Å². The maximum atomic E-state index is 13.2. The first-order chi connectivity index (χ1) is 6.47. The van der Waals surface area contributed by atoms with Gasteiger partial charge in [0, 0.05) is 23.1 Å². The molecule has 0 aliphatic carbocycles. The van der Waals surface area contributed by atoms with Crippen LogP contribution >= 0.6 is 15.9 Å². The average Bonchev–Trinajstić information content (AvgIpc) is 2.02. The summed E-state index contributed by atoms with van der Waals surface area (Å²) in [7, 11) is 0. The summed E-state index contributed by atoms with van der Waals surface area (Å²) >= 11 is 2.85. The number of halogens is 4. The van der Waals surface area contributed by atoms with Crippen LogP contribution in [0, 0.1) is 5.82 Å². The molecule has 5 heteroatoms. The summed E-state index contributed by atoms with van der Waals surface area (Å²) in [5, 5.41) is 8.44. The normalized spacial score (nSPS) is 11.8. The lowest BCUT2D eigenvalue weighted by molar-refractivity contribution is -0.0276. The summed E-state index contributed by atoms with van der Waals surface area (Å²) in [5.74, 6) is -3.72. The molecular weight excluding hydrogens is 261 g/mol. The molecule has 0 atom stereocenters. The maximum Gasteiger partial charge on any atom is 0.276 e. The summed E-state index contributed by atoms with van der Waals surface area (Å²) in [4.78, 5) is 0. The van der Waals surface area contributed by atoms with E-state index < -0.39 is 24.8 Å². The summed E-state index contributed by atoms with van der Waals surface area (Å²) in [5.41, 5.74) is -0.312. The SMILES string of the molecule is OCCC(F)(F)c1ccc(F)cc1Br. The number of aliphatic hydroxyl groups is 1. The molecule has 0 aliphatic heterocycles. The van der Waals surface area contributed by atoms with Crippen molar-refractivity contribution in [3.8, 4) is 0 Å². The molecule has 0 fully saturated rings. The van der Waals surface area contributed by atoms with Crippen LogP contribution in [0.15, 0.2) is 22.7 Å². The summed E-state index contributed by atoms with van der Waals surface area (Å²) in [6, 6.07) is 2.95. The predicted octanol–water partition coefficient (Wildman–Crippen LogP) is 3.06. The molecule has 0 spiro atoms. The third-order valence-corrected chi connectivity index (χ3v) is 2.41. The van der Waals surface area contributed by atoms with E-state index in [1.54, 1.807) is 0 Å². The molecule has 0 aromatic heterocycles.